The monoisotopic (exact) mass is 231 g/mol. The number of benzene rings is 1. The number of nitrogens with one attached hydrogen (secondary N) is 1. The number of ether oxygens (including phenoxy) is 1. The highest BCUT2D eigenvalue weighted by Gasteiger charge is 2.09. The highest BCUT2D eigenvalue weighted by molar-refractivity contribution is 5.74. The Morgan fingerprint density at radius 1 is 1.12 bits per heavy atom. The molecule has 1 aromatic heterocycles. The van der Waals surface area contributed by atoms with E-state index in [0.29, 0.717) is 23.1 Å². The molecule has 6 nitrogen and oxygen atoms in total. The maximum absolute atomic E-state index is 5.76. The van der Waals surface area contributed by atoms with E-state index in [-0.39, 0.29) is 0 Å². The number of hydrogen-bond acceptors (Lipinski definition) is 6. The summed E-state index contributed by atoms with van der Waals surface area (Å²) in [6.45, 7) is 0. The van der Waals surface area contributed by atoms with Crippen LogP contribution in [0.3, 0.4) is 0 Å². The smallest absolute Gasteiger partial charge is 0.242 e. The lowest BCUT2D eigenvalue weighted by atomic mass is 10.3. The second-order valence-corrected chi connectivity index (χ2v) is 3.39. The molecule has 0 saturated carbocycles. The van der Waals surface area contributed by atoms with Crippen molar-refractivity contribution >= 4 is 22.9 Å². The molecule has 0 unspecified atom stereocenters. The van der Waals surface area contributed by atoms with E-state index in [1.54, 1.807) is 12.1 Å². The van der Waals surface area contributed by atoms with Gasteiger partial charge < -0.3 is 21.5 Å². The molecule has 1 heterocycles. The first-order chi connectivity index (χ1) is 8.20. The van der Waals surface area contributed by atoms with Crippen LogP contribution in [-0.4, -0.2) is 17.1 Å². The van der Waals surface area contributed by atoms with Crippen molar-refractivity contribution in [2.45, 2.75) is 0 Å². The summed E-state index contributed by atoms with van der Waals surface area (Å²) in [5, 5.41) is 3.09. The first kappa shape index (κ1) is 11.0. The molecule has 0 atom stereocenters. The second-order valence-electron chi connectivity index (χ2n) is 3.39. The molecule has 1 aromatic carbocycles. The molecule has 0 aliphatic heterocycles. The SMILES string of the molecule is COc1ncnc(N)c1Nc1ccc(N)cc1. The van der Waals surface area contributed by atoms with Gasteiger partial charge in [-0.05, 0) is 24.3 Å². The predicted octanol–water partition coefficient (Wildman–Crippen LogP) is 1.39. The normalized spacial score (nSPS) is 9.94. The van der Waals surface area contributed by atoms with E-state index in [1.165, 1.54) is 13.4 Å². The average Bonchev–Trinajstić information content (AvgIpc) is 2.34. The molecule has 17 heavy (non-hydrogen) atoms. The van der Waals surface area contributed by atoms with Gasteiger partial charge in [0.05, 0.1) is 7.11 Å². The van der Waals surface area contributed by atoms with Crippen LogP contribution in [0.15, 0.2) is 30.6 Å². The van der Waals surface area contributed by atoms with Crippen molar-refractivity contribution in [3.05, 3.63) is 30.6 Å². The number of hydrogen-bond donors (Lipinski definition) is 3. The molecular formula is C11H13N5O. The van der Waals surface area contributed by atoms with Gasteiger partial charge in [0.15, 0.2) is 5.82 Å². The lowest BCUT2D eigenvalue weighted by molar-refractivity contribution is 0.399. The first-order valence-corrected chi connectivity index (χ1v) is 4.97. The second kappa shape index (κ2) is 4.56. The van der Waals surface area contributed by atoms with E-state index >= 15 is 0 Å². The van der Waals surface area contributed by atoms with Crippen molar-refractivity contribution in [3.63, 3.8) is 0 Å². The van der Waals surface area contributed by atoms with Gasteiger partial charge >= 0.3 is 0 Å². The molecule has 6 heteroatoms. The Morgan fingerprint density at radius 3 is 2.47 bits per heavy atom. The van der Waals surface area contributed by atoms with Gasteiger partial charge in [0.25, 0.3) is 0 Å². The van der Waals surface area contributed by atoms with E-state index in [9.17, 15) is 0 Å². The minimum absolute atomic E-state index is 0.327. The van der Waals surface area contributed by atoms with Gasteiger partial charge in [-0.2, -0.15) is 4.98 Å². The number of nitrogens with two attached hydrogens (primary N) is 2. The standard InChI is InChI=1S/C11H13N5O/c1-17-11-9(10(13)14-6-15-11)16-8-4-2-7(12)3-5-8/h2-6,16H,12H2,1H3,(H2,13,14,15). The van der Waals surface area contributed by atoms with Gasteiger partial charge in [0.2, 0.25) is 5.88 Å². The Balaban J connectivity index is 2.32. The third kappa shape index (κ3) is 2.36. The number of anilines is 4. The van der Waals surface area contributed by atoms with Crippen molar-refractivity contribution in [1.29, 1.82) is 0 Å². The topological polar surface area (TPSA) is 99.1 Å². The van der Waals surface area contributed by atoms with Crippen LogP contribution in [0.2, 0.25) is 0 Å². The zero-order valence-corrected chi connectivity index (χ0v) is 9.34. The summed E-state index contributed by atoms with van der Waals surface area (Å²) in [6, 6.07) is 7.24. The van der Waals surface area contributed by atoms with Crippen molar-refractivity contribution in [2.75, 3.05) is 23.9 Å². The Hall–Kier alpha value is -2.50. The molecule has 0 amide bonds. The molecule has 2 rings (SSSR count). The lowest BCUT2D eigenvalue weighted by Crippen LogP contribution is -2.03. The number of nitrogen functional groups attached to an aromatic ring is 2. The fraction of sp³-hybridized carbons (Fsp3) is 0.0909. The Labute approximate surface area is 98.6 Å². The molecule has 5 N–H and O–H groups in total. The fourth-order valence-corrected chi connectivity index (χ4v) is 1.37. The van der Waals surface area contributed by atoms with Crippen molar-refractivity contribution in [1.82, 2.24) is 9.97 Å². The summed E-state index contributed by atoms with van der Waals surface area (Å²) in [5.74, 6) is 0.725. The predicted molar refractivity (Wildman–Crippen MR) is 67.1 cm³/mol. The maximum Gasteiger partial charge on any atom is 0.242 e. The average molecular weight is 231 g/mol. The molecule has 2 aromatic rings. The summed E-state index contributed by atoms with van der Waals surface area (Å²) in [4.78, 5) is 7.87. The zero-order valence-electron chi connectivity index (χ0n) is 9.34. The van der Waals surface area contributed by atoms with Crippen LogP contribution in [0.4, 0.5) is 22.9 Å². The van der Waals surface area contributed by atoms with Crippen LogP contribution in [-0.2, 0) is 0 Å². The van der Waals surface area contributed by atoms with Crippen LogP contribution in [0.1, 0.15) is 0 Å². The molecule has 0 spiro atoms. The van der Waals surface area contributed by atoms with Gasteiger partial charge in [0, 0.05) is 11.4 Å². The number of rotatable bonds is 3. The van der Waals surface area contributed by atoms with Crippen molar-refractivity contribution < 1.29 is 4.74 Å². The van der Waals surface area contributed by atoms with E-state index in [2.05, 4.69) is 15.3 Å². The van der Waals surface area contributed by atoms with Crippen molar-refractivity contribution in [3.8, 4) is 5.88 Å². The van der Waals surface area contributed by atoms with Crippen LogP contribution < -0.4 is 21.5 Å². The summed E-state index contributed by atoms with van der Waals surface area (Å²) >= 11 is 0. The lowest BCUT2D eigenvalue weighted by Gasteiger charge is -2.11. The third-order valence-corrected chi connectivity index (χ3v) is 2.22. The third-order valence-electron chi connectivity index (χ3n) is 2.22. The van der Waals surface area contributed by atoms with Crippen LogP contribution >= 0.6 is 0 Å². The molecular weight excluding hydrogens is 218 g/mol. The van der Waals surface area contributed by atoms with E-state index in [4.69, 9.17) is 16.2 Å². The number of aromatic nitrogens is 2. The van der Waals surface area contributed by atoms with Gasteiger partial charge in [-0.3, -0.25) is 0 Å². The van der Waals surface area contributed by atoms with E-state index in [1.807, 2.05) is 12.1 Å². The van der Waals surface area contributed by atoms with Crippen LogP contribution in [0.25, 0.3) is 0 Å². The molecule has 0 aliphatic rings. The summed E-state index contributed by atoms with van der Waals surface area (Å²) < 4.78 is 5.10. The Morgan fingerprint density at radius 2 is 1.82 bits per heavy atom. The Kier molecular flexibility index (Phi) is 2.95. The number of nitrogens with zero attached hydrogens (tertiary/aromatic N) is 2. The molecule has 0 aliphatic carbocycles. The quantitative estimate of drug-likeness (QED) is 0.690. The van der Waals surface area contributed by atoms with Crippen LogP contribution in [0.5, 0.6) is 5.88 Å². The van der Waals surface area contributed by atoms with Gasteiger partial charge in [0.1, 0.15) is 12.0 Å². The summed E-state index contributed by atoms with van der Waals surface area (Å²) in [6.07, 6.45) is 1.35. The first-order valence-electron chi connectivity index (χ1n) is 4.97. The zero-order chi connectivity index (χ0) is 12.3. The fourth-order valence-electron chi connectivity index (χ4n) is 1.37. The van der Waals surface area contributed by atoms with Crippen molar-refractivity contribution in [2.24, 2.45) is 0 Å². The Bertz CT molecular complexity index is 512. The molecule has 0 fully saturated rings. The molecule has 0 saturated heterocycles. The maximum atomic E-state index is 5.76. The highest BCUT2D eigenvalue weighted by Crippen LogP contribution is 2.29. The van der Waals surface area contributed by atoms with Gasteiger partial charge in [-0.25, -0.2) is 4.98 Å². The molecule has 0 radical (unpaired) electrons. The van der Waals surface area contributed by atoms with Crippen LogP contribution in [0, 0.1) is 0 Å². The van der Waals surface area contributed by atoms with E-state index < -0.39 is 0 Å². The largest absolute Gasteiger partial charge is 0.479 e. The highest BCUT2D eigenvalue weighted by atomic mass is 16.5. The number of methoxy groups -OCH3 is 1. The van der Waals surface area contributed by atoms with Gasteiger partial charge in [-0.1, -0.05) is 0 Å². The van der Waals surface area contributed by atoms with Gasteiger partial charge in [-0.15, -0.1) is 0 Å². The molecule has 0 bridgehead atoms. The minimum atomic E-state index is 0.327. The summed E-state index contributed by atoms with van der Waals surface area (Å²) in [5.41, 5.74) is 13.4. The minimum Gasteiger partial charge on any atom is -0.479 e. The summed E-state index contributed by atoms with van der Waals surface area (Å²) in [7, 11) is 1.52. The van der Waals surface area contributed by atoms with E-state index in [0.717, 1.165) is 5.69 Å². The molecule has 88 valence electrons.